The number of fused-ring (bicyclic) bond motifs is 16. The highest BCUT2D eigenvalue weighted by Crippen LogP contribution is 2.51. The standard InChI is InChI=1S/C49H32N4/c1-49(2)39-16-5-3-14-33(39)37-27-38-34-15-4-7-18-42(34)52(45(38)28-40(37)49)32-13-9-11-30(25-32)31-21-22-35-36-23-20-29-12-10-24-50-47(29)46(36)48-51-41-17-6-8-19-43(41)53(48)44(35)26-31/h3-28H,1-2H3. The van der Waals surface area contributed by atoms with Crippen molar-refractivity contribution in [3.05, 3.63) is 169 Å². The van der Waals surface area contributed by atoms with Crippen LogP contribution < -0.4 is 0 Å². The van der Waals surface area contributed by atoms with E-state index in [2.05, 4.69) is 168 Å². The number of rotatable bonds is 2. The summed E-state index contributed by atoms with van der Waals surface area (Å²) in [5, 5.41) is 7.11. The Hall–Kier alpha value is -6.78. The lowest BCUT2D eigenvalue weighted by Gasteiger charge is -2.21. The number of nitrogens with zero attached hydrogens (tertiary/aromatic N) is 4. The Labute approximate surface area is 305 Å². The smallest absolute Gasteiger partial charge is 0.148 e. The molecule has 11 aromatic rings. The molecule has 53 heavy (non-hydrogen) atoms. The Morgan fingerprint density at radius 1 is 0.509 bits per heavy atom. The van der Waals surface area contributed by atoms with E-state index in [1.54, 1.807) is 0 Å². The maximum Gasteiger partial charge on any atom is 0.148 e. The molecule has 1 aliphatic carbocycles. The number of hydrogen-bond donors (Lipinski definition) is 0. The van der Waals surface area contributed by atoms with Gasteiger partial charge < -0.3 is 4.57 Å². The normalized spacial score (nSPS) is 13.6. The van der Waals surface area contributed by atoms with E-state index in [0.29, 0.717) is 0 Å². The molecule has 0 bridgehead atoms. The summed E-state index contributed by atoms with van der Waals surface area (Å²) in [4.78, 5) is 10.1. The molecule has 0 amide bonds. The number of aromatic nitrogens is 4. The second-order valence-electron chi connectivity index (χ2n) is 15.0. The molecule has 0 aliphatic heterocycles. The topological polar surface area (TPSA) is 35.1 Å². The first-order chi connectivity index (χ1) is 26.0. The SMILES string of the molecule is CC1(C)c2ccccc2-c2cc3c4ccccc4n(-c4cccc(-c5ccc6c7ccc8cccnc8c7c7nc8ccccc8n7c6c5)c4)c3cc21. The summed E-state index contributed by atoms with van der Waals surface area (Å²) >= 11 is 0. The van der Waals surface area contributed by atoms with E-state index >= 15 is 0 Å². The molecular formula is C49H32N4. The van der Waals surface area contributed by atoms with Crippen LogP contribution in [0, 0.1) is 0 Å². The molecule has 0 fully saturated rings. The van der Waals surface area contributed by atoms with Crippen LogP contribution in [0.2, 0.25) is 0 Å². The fourth-order valence-electron chi connectivity index (χ4n) is 9.42. The van der Waals surface area contributed by atoms with Crippen LogP contribution in [-0.2, 0) is 5.41 Å². The van der Waals surface area contributed by atoms with Crippen LogP contribution in [0.3, 0.4) is 0 Å². The van der Waals surface area contributed by atoms with Gasteiger partial charge in [-0.25, -0.2) is 4.98 Å². The van der Waals surface area contributed by atoms with E-state index in [9.17, 15) is 0 Å². The molecule has 1 aliphatic rings. The molecule has 4 aromatic heterocycles. The quantitative estimate of drug-likeness (QED) is 0.171. The molecule has 4 heteroatoms. The molecule has 0 unspecified atom stereocenters. The fourth-order valence-corrected chi connectivity index (χ4v) is 9.42. The van der Waals surface area contributed by atoms with Crippen molar-refractivity contribution in [2.45, 2.75) is 19.3 Å². The van der Waals surface area contributed by atoms with Gasteiger partial charge in [0, 0.05) is 38.8 Å². The number of imidazole rings is 1. The van der Waals surface area contributed by atoms with Crippen molar-refractivity contribution in [2.24, 2.45) is 0 Å². The Bertz CT molecular complexity index is 3380. The molecule has 248 valence electrons. The first kappa shape index (κ1) is 28.9. The van der Waals surface area contributed by atoms with E-state index in [1.165, 1.54) is 55.0 Å². The molecule has 12 rings (SSSR count). The van der Waals surface area contributed by atoms with Crippen molar-refractivity contribution in [2.75, 3.05) is 0 Å². The molecular weight excluding hydrogens is 645 g/mol. The van der Waals surface area contributed by atoms with Crippen molar-refractivity contribution in [3.63, 3.8) is 0 Å². The van der Waals surface area contributed by atoms with Crippen LogP contribution in [0.5, 0.6) is 0 Å². The lowest BCUT2D eigenvalue weighted by atomic mass is 9.82. The van der Waals surface area contributed by atoms with Gasteiger partial charge in [-0.05, 0) is 93.4 Å². The predicted octanol–water partition coefficient (Wildman–Crippen LogP) is 12.4. The van der Waals surface area contributed by atoms with Gasteiger partial charge in [-0.1, -0.05) is 111 Å². The monoisotopic (exact) mass is 676 g/mol. The Kier molecular flexibility index (Phi) is 5.54. The van der Waals surface area contributed by atoms with Gasteiger partial charge in [0.15, 0.2) is 0 Å². The Morgan fingerprint density at radius 3 is 2.25 bits per heavy atom. The van der Waals surface area contributed by atoms with E-state index in [1.807, 2.05) is 12.3 Å². The van der Waals surface area contributed by atoms with Crippen LogP contribution in [0.1, 0.15) is 25.0 Å². The summed E-state index contributed by atoms with van der Waals surface area (Å²) in [6.45, 7) is 4.72. The van der Waals surface area contributed by atoms with Gasteiger partial charge in [0.2, 0.25) is 0 Å². The highest BCUT2D eigenvalue weighted by atomic mass is 15.0. The molecule has 0 saturated heterocycles. The molecule has 0 N–H and O–H groups in total. The van der Waals surface area contributed by atoms with Crippen LogP contribution in [0.15, 0.2) is 158 Å². The Morgan fingerprint density at radius 2 is 1.30 bits per heavy atom. The molecule has 0 radical (unpaired) electrons. The third-order valence-corrected chi connectivity index (χ3v) is 11.9. The third kappa shape index (κ3) is 3.79. The summed E-state index contributed by atoms with van der Waals surface area (Å²) < 4.78 is 4.80. The van der Waals surface area contributed by atoms with E-state index < -0.39 is 0 Å². The van der Waals surface area contributed by atoms with Gasteiger partial charge >= 0.3 is 0 Å². The molecule has 4 nitrogen and oxygen atoms in total. The Balaban J connectivity index is 1.10. The summed E-state index contributed by atoms with van der Waals surface area (Å²) in [6.07, 6.45) is 1.88. The first-order valence-electron chi connectivity index (χ1n) is 18.3. The molecule has 0 spiro atoms. The maximum atomic E-state index is 5.22. The van der Waals surface area contributed by atoms with E-state index in [-0.39, 0.29) is 5.41 Å². The van der Waals surface area contributed by atoms with Crippen molar-refractivity contribution in [1.82, 2.24) is 18.9 Å². The molecule has 4 heterocycles. The van der Waals surface area contributed by atoms with Crippen molar-refractivity contribution >= 4 is 71.1 Å². The lowest BCUT2D eigenvalue weighted by molar-refractivity contribution is 0.661. The third-order valence-electron chi connectivity index (χ3n) is 11.9. The minimum atomic E-state index is -0.0797. The first-order valence-corrected chi connectivity index (χ1v) is 18.3. The summed E-state index contributed by atoms with van der Waals surface area (Å²) in [5.74, 6) is 0. The lowest BCUT2D eigenvalue weighted by Crippen LogP contribution is -2.14. The molecule has 0 atom stereocenters. The highest BCUT2D eigenvalue weighted by molar-refractivity contribution is 6.22. The average Bonchev–Trinajstić information content (AvgIpc) is 3.83. The summed E-state index contributed by atoms with van der Waals surface area (Å²) in [6, 6.07) is 55.6. The second kappa shape index (κ2) is 10.2. The number of para-hydroxylation sites is 3. The van der Waals surface area contributed by atoms with E-state index in [4.69, 9.17) is 9.97 Å². The van der Waals surface area contributed by atoms with Crippen LogP contribution >= 0.6 is 0 Å². The number of hydrogen-bond acceptors (Lipinski definition) is 2. The summed E-state index contributed by atoms with van der Waals surface area (Å²) in [5.41, 5.74) is 16.4. The van der Waals surface area contributed by atoms with Crippen molar-refractivity contribution in [1.29, 1.82) is 0 Å². The van der Waals surface area contributed by atoms with Gasteiger partial charge in [0.25, 0.3) is 0 Å². The number of benzene rings is 7. The van der Waals surface area contributed by atoms with Gasteiger partial charge in [0.05, 0.1) is 38.5 Å². The van der Waals surface area contributed by atoms with Gasteiger partial charge in [-0.2, -0.15) is 0 Å². The fraction of sp³-hybridized carbons (Fsp3) is 0.0612. The van der Waals surface area contributed by atoms with Crippen molar-refractivity contribution in [3.8, 4) is 27.9 Å². The van der Waals surface area contributed by atoms with Crippen LogP contribution in [-0.4, -0.2) is 18.9 Å². The zero-order chi connectivity index (χ0) is 35.0. The van der Waals surface area contributed by atoms with Crippen molar-refractivity contribution < 1.29 is 0 Å². The summed E-state index contributed by atoms with van der Waals surface area (Å²) in [7, 11) is 0. The molecule has 7 aromatic carbocycles. The average molecular weight is 677 g/mol. The minimum Gasteiger partial charge on any atom is -0.309 e. The number of pyridine rings is 2. The van der Waals surface area contributed by atoms with Gasteiger partial charge in [-0.15, -0.1) is 0 Å². The van der Waals surface area contributed by atoms with Gasteiger partial charge in [0.1, 0.15) is 5.65 Å². The predicted molar refractivity (Wildman–Crippen MR) is 220 cm³/mol. The van der Waals surface area contributed by atoms with Crippen LogP contribution in [0.4, 0.5) is 0 Å². The van der Waals surface area contributed by atoms with Crippen LogP contribution in [0.25, 0.3) is 99.0 Å². The highest BCUT2D eigenvalue weighted by Gasteiger charge is 2.36. The molecule has 0 saturated carbocycles. The second-order valence-corrected chi connectivity index (χ2v) is 15.0. The van der Waals surface area contributed by atoms with E-state index in [0.717, 1.165) is 55.1 Å². The zero-order valence-electron chi connectivity index (χ0n) is 29.3. The zero-order valence-corrected chi connectivity index (χ0v) is 29.3. The maximum absolute atomic E-state index is 5.22. The van der Waals surface area contributed by atoms with Gasteiger partial charge in [-0.3, -0.25) is 9.38 Å². The minimum absolute atomic E-state index is 0.0797. The largest absolute Gasteiger partial charge is 0.309 e.